The van der Waals surface area contributed by atoms with E-state index in [9.17, 15) is 14.0 Å². The maximum absolute atomic E-state index is 13.3. The van der Waals surface area contributed by atoms with Gasteiger partial charge < -0.3 is 19.5 Å². The molecule has 2 aliphatic rings. The second kappa shape index (κ2) is 8.41. The number of ether oxygens (including phenoxy) is 3. The number of hydrogen-bond acceptors (Lipinski definition) is 5. The van der Waals surface area contributed by atoms with Crippen LogP contribution in [0.15, 0.2) is 47.7 Å². The minimum atomic E-state index is -0.404. The first-order valence-electron chi connectivity index (χ1n) is 10.1. The van der Waals surface area contributed by atoms with Crippen LogP contribution in [0.4, 0.5) is 4.39 Å². The van der Waals surface area contributed by atoms with Gasteiger partial charge in [0.25, 0.3) is 0 Å². The molecule has 0 saturated heterocycles. The normalized spacial score (nSPS) is 20.8. The highest BCUT2D eigenvalue weighted by molar-refractivity contribution is 6.02. The first kappa shape index (κ1) is 20.9. The van der Waals surface area contributed by atoms with E-state index in [0.29, 0.717) is 41.4 Å². The lowest BCUT2D eigenvalue weighted by Crippen LogP contribution is -2.38. The second-order valence-corrected chi connectivity index (χ2v) is 7.74. The van der Waals surface area contributed by atoms with Crippen LogP contribution in [0, 0.1) is 5.82 Å². The summed E-state index contributed by atoms with van der Waals surface area (Å²) >= 11 is 0. The van der Waals surface area contributed by atoms with E-state index in [4.69, 9.17) is 14.2 Å². The van der Waals surface area contributed by atoms with Gasteiger partial charge in [-0.15, -0.1) is 0 Å². The summed E-state index contributed by atoms with van der Waals surface area (Å²) < 4.78 is 29.6. The number of carbonyl (C=O) groups excluding carboxylic acids is 2. The van der Waals surface area contributed by atoms with E-state index in [1.165, 1.54) is 33.5 Å². The Morgan fingerprint density at radius 3 is 2.10 bits per heavy atom. The lowest BCUT2D eigenvalue weighted by atomic mass is 9.73. The van der Waals surface area contributed by atoms with Crippen molar-refractivity contribution in [3.05, 3.63) is 64.6 Å². The number of halogens is 1. The second-order valence-electron chi connectivity index (χ2n) is 7.74. The van der Waals surface area contributed by atoms with Crippen LogP contribution in [0.5, 0.6) is 17.2 Å². The van der Waals surface area contributed by atoms with Crippen LogP contribution in [0.3, 0.4) is 0 Å². The van der Waals surface area contributed by atoms with Crippen molar-refractivity contribution in [2.24, 2.45) is 0 Å². The van der Waals surface area contributed by atoms with Crippen LogP contribution in [0.2, 0.25) is 0 Å². The van der Waals surface area contributed by atoms with E-state index in [-0.39, 0.29) is 29.8 Å². The number of hydrogen-bond donors (Lipinski definition) is 1. The Morgan fingerprint density at radius 1 is 0.871 bits per heavy atom. The molecule has 6 nitrogen and oxygen atoms in total. The lowest BCUT2D eigenvalue weighted by Gasteiger charge is -2.34. The van der Waals surface area contributed by atoms with Crippen molar-refractivity contribution in [2.75, 3.05) is 21.3 Å². The Hall–Kier alpha value is -3.35. The van der Waals surface area contributed by atoms with Crippen molar-refractivity contribution in [1.82, 2.24) is 5.32 Å². The van der Waals surface area contributed by atoms with Gasteiger partial charge in [0.05, 0.1) is 21.3 Å². The topological polar surface area (TPSA) is 73.9 Å². The standard InChI is InChI=1S/C24H24FNO5/c1-29-20-10-15(11-21(30-2)24(20)31-3)17-12-22(28)26-18-8-14(9-19(27)23(17)18)13-4-6-16(25)7-5-13/h4-7,10-11,14,17H,8-9,12H2,1-3H3,(H,26,28)/t14-,17+/m0/s1. The number of carbonyl (C=O) groups is 2. The van der Waals surface area contributed by atoms with Gasteiger partial charge in [0.1, 0.15) is 5.82 Å². The number of benzene rings is 2. The number of nitrogens with one attached hydrogen (secondary N) is 1. The number of methoxy groups -OCH3 is 3. The summed E-state index contributed by atoms with van der Waals surface area (Å²) in [6.45, 7) is 0. The zero-order valence-electron chi connectivity index (χ0n) is 17.7. The molecule has 1 heterocycles. The van der Waals surface area contributed by atoms with E-state index in [1.807, 2.05) is 0 Å². The molecule has 162 valence electrons. The molecule has 1 aliphatic heterocycles. The highest BCUT2D eigenvalue weighted by atomic mass is 19.1. The van der Waals surface area contributed by atoms with Crippen molar-refractivity contribution < 1.29 is 28.2 Å². The Bertz CT molecular complexity index is 1040. The Labute approximate surface area is 180 Å². The Kier molecular flexibility index (Phi) is 5.67. The fourth-order valence-electron chi connectivity index (χ4n) is 4.52. The molecule has 0 bridgehead atoms. The van der Waals surface area contributed by atoms with Crippen molar-refractivity contribution in [3.63, 3.8) is 0 Å². The summed E-state index contributed by atoms with van der Waals surface area (Å²) in [5, 5.41) is 2.90. The predicted molar refractivity (Wildman–Crippen MR) is 112 cm³/mol. The highest BCUT2D eigenvalue weighted by Crippen LogP contribution is 2.46. The molecule has 2 atom stereocenters. The zero-order chi connectivity index (χ0) is 22.1. The van der Waals surface area contributed by atoms with E-state index >= 15 is 0 Å². The molecule has 1 amide bonds. The van der Waals surface area contributed by atoms with Gasteiger partial charge in [-0.05, 0) is 47.7 Å². The number of rotatable bonds is 5. The maximum Gasteiger partial charge on any atom is 0.225 e. The molecule has 2 aromatic rings. The summed E-state index contributed by atoms with van der Waals surface area (Å²) in [5.74, 6) is 0.396. The lowest BCUT2D eigenvalue weighted by molar-refractivity contribution is -0.122. The molecule has 0 radical (unpaired) electrons. The van der Waals surface area contributed by atoms with Gasteiger partial charge in [-0.25, -0.2) is 4.39 Å². The largest absolute Gasteiger partial charge is 0.493 e. The zero-order valence-corrected chi connectivity index (χ0v) is 17.7. The van der Waals surface area contributed by atoms with Crippen molar-refractivity contribution in [3.8, 4) is 17.2 Å². The summed E-state index contributed by atoms with van der Waals surface area (Å²) in [6, 6.07) is 9.74. The smallest absolute Gasteiger partial charge is 0.225 e. The van der Waals surface area contributed by atoms with Crippen LogP contribution in [-0.2, 0) is 9.59 Å². The minimum absolute atomic E-state index is 0.0191. The number of Topliss-reactive ketones (excluding diaryl/α,β-unsaturated/α-hetero) is 1. The van der Waals surface area contributed by atoms with Crippen molar-refractivity contribution in [1.29, 1.82) is 0 Å². The molecule has 2 aromatic carbocycles. The van der Waals surface area contributed by atoms with Crippen LogP contribution < -0.4 is 19.5 Å². The summed E-state index contributed by atoms with van der Waals surface area (Å²) in [6.07, 6.45) is 0.977. The van der Waals surface area contributed by atoms with Crippen LogP contribution in [-0.4, -0.2) is 33.0 Å². The monoisotopic (exact) mass is 425 g/mol. The van der Waals surface area contributed by atoms with Gasteiger partial charge in [-0.2, -0.15) is 0 Å². The summed E-state index contributed by atoms with van der Waals surface area (Å²) in [4.78, 5) is 25.8. The average molecular weight is 425 g/mol. The average Bonchev–Trinajstić information content (AvgIpc) is 2.77. The van der Waals surface area contributed by atoms with Crippen molar-refractivity contribution >= 4 is 11.7 Å². The first-order valence-corrected chi connectivity index (χ1v) is 10.1. The molecule has 0 fully saturated rings. The molecule has 7 heteroatoms. The summed E-state index contributed by atoms with van der Waals surface area (Å²) in [5.41, 5.74) is 2.89. The molecular weight excluding hydrogens is 401 g/mol. The molecule has 31 heavy (non-hydrogen) atoms. The molecule has 1 N–H and O–H groups in total. The van der Waals surface area contributed by atoms with Crippen LogP contribution >= 0.6 is 0 Å². The summed E-state index contributed by atoms with van der Waals surface area (Å²) in [7, 11) is 4.58. The minimum Gasteiger partial charge on any atom is -0.493 e. The third-order valence-corrected chi connectivity index (χ3v) is 5.97. The fraction of sp³-hybridized carbons (Fsp3) is 0.333. The SMILES string of the molecule is COc1cc([C@H]2CC(=O)NC3=C2C(=O)C[C@@H](c2ccc(F)cc2)C3)cc(OC)c1OC. The molecule has 4 rings (SSSR count). The van der Waals surface area contributed by atoms with Gasteiger partial charge in [0.15, 0.2) is 17.3 Å². The molecule has 0 unspecified atom stereocenters. The Morgan fingerprint density at radius 2 is 1.52 bits per heavy atom. The maximum atomic E-state index is 13.3. The molecule has 0 aromatic heterocycles. The van der Waals surface area contributed by atoms with Gasteiger partial charge in [-0.1, -0.05) is 12.1 Å². The molecule has 0 saturated carbocycles. The molecule has 1 aliphatic carbocycles. The van der Waals surface area contributed by atoms with E-state index in [1.54, 1.807) is 24.3 Å². The van der Waals surface area contributed by atoms with Gasteiger partial charge in [0, 0.05) is 30.0 Å². The fourth-order valence-corrected chi connectivity index (χ4v) is 4.52. The Balaban J connectivity index is 1.75. The van der Waals surface area contributed by atoms with Gasteiger partial charge >= 0.3 is 0 Å². The number of allylic oxidation sites excluding steroid dienone is 2. The van der Waals surface area contributed by atoms with E-state index < -0.39 is 5.92 Å². The predicted octanol–water partition coefficient (Wildman–Crippen LogP) is 3.86. The quantitative estimate of drug-likeness (QED) is 0.788. The highest BCUT2D eigenvalue weighted by Gasteiger charge is 2.38. The number of ketones is 1. The third kappa shape index (κ3) is 3.87. The van der Waals surface area contributed by atoms with E-state index in [2.05, 4.69) is 5.32 Å². The first-order chi connectivity index (χ1) is 14.9. The van der Waals surface area contributed by atoms with Gasteiger partial charge in [0.2, 0.25) is 11.7 Å². The van der Waals surface area contributed by atoms with Crippen LogP contribution in [0.1, 0.15) is 42.2 Å². The van der Waals surface area contributed by atoms with Crippen LogP contribution in [0.25, 0.3) is 0 Å². The third-order valence-electron chi connectivity index (χ3n) is 5.97. The number of amides is 1. The van der Waals surface area contributed by atoms with E-state index in [0.717, 1.165) is 11.1 Å². The molecular formula is C24H24FNO5. The molecule has 0 spiro atoms. The van der Waals surface area contributed by atoms with Gasteiger partial charge in [-0.3, -0.25) is 9.59 Å². The van der Waals surface area contributed by atoms with Crippen molar-refractivity contribution in [2.45, 2.75) is 31.1 Å².